The van der Waals surface area contributed by atoms with Gasteiger partial charge in [-0.05, 0) is 30.5 Å². The second kappa shape index (κ2) is 10.1. The highest BCUT2D eigenvalue weighted by molar-refractivity contribution is 6.36. The normalized spacial score (nSPS) is 22.4. The minimum atomic E-state index is -0.796. The Morgan fingerprint density at radius 3 is 2.46 bits per heavy atom. The van der Waals surface area contributed by atoms with Crippen LogP contribution in [0.3, 0.4) is 0 Å². The fourth-order valence-corrected chi connectivity index (χ4v) is 3.83. The topological polar surface area (TPSA) is 55.8 Å². The molecule has 3 atom stereocenters. The molecule has 2 aromatic carbocycles. The number of halogens is 2. The third kappa shape index (κ3) is 5.36. The van der Waals surface area contributed by atoms with Crippen molar-refractivity contribution >= 4 is 29.2 Å². The van der Waals surface area contributed by atoms with E-state index in [1.54, 1.807) is 18.2 Å². The Hall–Kier alpha value is -1.85. The number of carboxylic acid groups (broad SMARTS) is 1. The van der Waals surface area contributed by atoms with Crippen LogP contribution in [0.1, 0.15) is 42.8 Å². The van der Waals surface area contributed by atoms with E-state index in [1.165, 1.54) is 0 Å². The average molecular weight is 421 g/mol. The molecule has 1 heterocycles. The van der Waals surface area contributed by atoms with Crippen LogP contribution >= 0.6 is 23.2 Å². The maximum absolute atomic E-state index is 10.6. The zero-order chi connectivity index (χ0) is 19.9. The monoisotopic (exact) mass is 420 g/mol. The number of allylic oxidation sites excluding steroid dienone is 2. The average Bonchev–Trinajstić information content (AvgIpc) is 2.68. The van der Waals surface area contributed by atoms with Crippen LogP contribution in [0.25, 0.3) is 0 Å². The van der Waals surface area contributed by atoms with E-state index in [0.717, 1.165) is 12.0 Å². The number of carboxylic acids is 1. The van der Waals surface area contributed by atoms with Crippen LogP contribution in [0.4, 0.5) is 0 Å². The number of rotatable bonds is 7. The highest BCUT2D eigenvalue weighted by Crippen LogP contribution is 2.43. The lowest BCUT2D eigenvalue weighted by atomic mass is 9.92. The van der Waals surface area contributed by atoms with Gasteiger partial charge in [-0.1, -0.05) is 71.8 Å². The molecule has 1 aliphatic heterocycles. The molecule has 6 heteroatoms. The van der Waals surface area contributed by atoms with Gasteiger partial charge in [-0.25, -0.2) is 0 Å². The summed E-state index contributed by atoms with van der Waals surface area (Å²) in [5.74, 6) is -0.698. The summed E-state index contributed by atoms with van der Waals surface area (Å²) in [4.78, 5) is 10.6. The van der Waals surface area contributed by atoms with Gasteiger partial charge < -0.3 is 14.6 Å². The standard InChI is InChI=1S/C22H22Cl2O4/c23-17-11-7-12-18(24)20(17)22-27-14-16(10-5-2-6-13-19(25)26)21(28-22)15-8-3-1-4-9-15/h1-5,7-9,11-12,16,21-22H,6,10,13-14H2,(H,25,26)/b5-2-. The van der Waals surface area contributed by atoms with Crippen LogP contribution in [0.5, 0.6) is 0 Å². The van der Waals surface area contributed by atoms with E-state index in [4.69, 9.17) is 37.8 Å². The molecule has 0 aliphatic carbocycles. The SMILES string of the molecule is O=C(O)CC/C=C\CC1COC(c2c(Cl)cccc2Cl)OC1c1ccccc1. The highest BCUT2D eigenvalue weighted by atomic mass is 35.5. The fraction of sp³-hybridized carbons (Fsp3) is 0.318. The summed E-state index contributed by atoms with van der Waals surface area (Å²) in [7, 11) is 0. The van der Waals surface area contributed by atoms with Gasteiger partial charge in [-0.3, -0.25) is 4.79 Å². The minimum absolute atomic E-state index is 0.0981. The molecule has 0 spiro atoms. The smallest absolute Gasteiger partial charge is 0.303 e. The van der Waals surface area contributed by atoms with Gasteiger partial charge in [0, 0.05) is 17.9 Å². The number of hydrogen-bond acceptors (Lipinski definition) is 3. The van der Waals surface area contributed by atoms with Crippen LogP contribution in [0.2, 0.25) is 10.0 Å². The summed E-state index contributed by atoms with van der Waals surface area (Å²) in [6.07, 6.45) is 4.44. The van der Waals surface area contributed by atoms with Gasteiger partial charge in [0.1, 0.15) is 0 Å². The van der Waals surface area contributed by atoms with Crippen LogP contribution in [-0.2, 0) is 14.3 Å². The molecule has 2 aromatic rings. The van der Waals surface area contributed by atoms with Gasteiger partial charge in [-0.2, -0.15) is 0 Å². The van der Waals surface area contributed by atoms with E-state index in [-0.39, 0.29) is 18.4 Å². The van der Waals surface area contributed by atoms with Crippen LogP contribution < -0.4 is 0 Å². The van der Waals surface area contributed by atoms with Crippen molar-refractivity contribution in [1.29, 1.82) is 0 Å². The molecule has 0 saturated carbocycles. The second-order valence-electron chi connectivity index (χ2n) is 6.67. The molecular formula is C22H22Cl2O4. The van der Waals surface area contributed by atoms with E-state index in [9.17, 15) is 4.79 Å². The van der Waals surface area contributed by atoms with Crippen molar-refractivity contribution in [2.45, 2.75) is 31.7 Å². The molecule has 1 fully saturated rings. The third-order valence-corrected chi connectivity index (χ3v) is 5.31. The lowest BCUT2D eigenvalue weighted by Crippen LogP contribution is -2.30. The number of aliphatic carboxylic acids is 1. The zero-order valence-corrected chi connectivity index (χ0v) is 16.8. The predicted octanol–water partition coefficient (Wildman–Crippen LogP) is 6.21. The largest absolute Gasteiger partial charge is 0.481 e. The first-order valence-corrected chi connectivity index (χ1v) is 9.94. The Balaban J connectivity index is 1.76. The Morgan fingerprint density at radius 2 is 1.79 bits per heavy atom. The van der Waals surface area contributed by atoms with Crippen molar-refractivity contribution in [3.8, 4) is 0 Å². The quantitative estimate of drug-likeness (QED) is 0.541. The molecular weight excluding hydrogens is 399 g/mol. The van der Waals surface area contributed by atoms with Crippen molar-refractivity contribution in [3.63, 3.8) is 0 Å². The van der Waals surface area contributed by atoms with Crippen molar-refractivity contribution in [1.82, 2.24) is 0 Å². The van der Waals surface area contributed by atoms with Crippen molar-refractivity contribution in [2.75, 3.05) is 6.61 Å². The summed E-state index contributed by atoms with van der Waals surface area (Å²) in [5, 5.41) is 9.76. The maximum Gasteiger partial charge on any atom is 0.303 e. The summed E-state index contributed by atoms with van der Waals surface area (Å²) in [6.45, 7) is 0.481. The number of hydrogen-bond donors (Lipinski definition) is 1. The third-order valence-electron chi connectivity index (χ3n) is 4.65. The minimum Gasteiger partial charge on any atom is -0.481 e. The molecule has 1 aliphatic rings. The van der Waals surface area contributed by atoms with Crippen molar-refractivity contribution in [3.05, 3.63) is 81.9 Å². The predicted molar refractivity (Wildman–Crippen MR) is 110 cm³/mol. The summed E-state index contributed by atoms with van der Waals surface area (Å²) < 4.78 is 12.3. The molecule has 0 aromatic heterocycles. The highest BCUT2D eigenvalue weighted by Gasteiger charge is 2.34. The first-order valence-electron chi connectivity index (χ1n) is 9.19. The molecule has 0 bridgehead atoms. The lowest BCUT2D eigenvalue weighted by molar-refractivity contribution is -0.243. The summed E-state index contributed by atoms with van der Waals surface area (Å²) in [6, 6.07) is 15.3. The van der Waals surface area contributed by atoms with Crippen molar-refractivity contribution in [2.24, 2.45) is 5.92 Å². The molecule has 3 rings (SSSR count). The fourth-order valence-electron chi connectivity index (χ4n) is 3.25. The maximum atomic E-state index is 10.6. The van der Waals surface area contributed by atoms with Gasteiger partial charge in [0.15, 0.2) is 6.29 Å². The van der Waals surface area contributed by atoms with E-state index in [1.807, 2.05) is 42.5 Å². The molecule has 1 saturated heterocycles. The first-order chi connectivity index (χ1) is 13.6. The number of carbonyl (C=O) groups is 1. The van der Waals surface area contributed by atoms with Gasteiger partial charge in [0.25, 0.3) is 0 Å². The second-order valence-corrected chi connectivity index (χ2v) is 7.48. The van der Waals surface area contributed by atoms with E-state index in [2.05, 4.69) is 0 Å². The van der Waals surface area contributed by atoms with Gasteiger partial charge in [0.05, 0.1) is 22.8 Å². The first kappa shape index (κ1) is 20.9. The van der Waals surface area contributed by atoms with Crippen LogP contribution in [0, 0.1) is 5.92 Å². The molecule has 1 N–H and O–H groups in total. The molecule has 3 unspecified atom stereocenters. The van der Waals surface area contributed by atoms with E-state index >= 15 is 0 Å². The molecule has 148 valence electrons. The number of benzene rings is 2. The zero-order valence-electron chi connectivity index (χ0n) is 15.3. The van der Waals surface area contributed by atoms with E-state index in [0.29, 0.717) is 28.6 Å². The summed E-state index contributed by atoms with van der Waals surface area (Å²) in [5.41, 5.74) is 1.70. The lowest BCUT2D eigenvalue weighted by Gasteiger charge is -2.37. The van der Waals surface area contributed by atoms with Crippen LogP contribution in [-0.4, -0.2) is 17.7 Å². The summed E-state index contributed by atoms with van der Waals surface area (Å²) >= 11 is 12.7. The molecule has 4 nitrogen and oxygen atoms in total. The van der Waals surface area contributed by atoms with Gasteiger partial charge >= 0.3 is 5.97 Å². The molecule has 28 heavy (non-hydrogen) atoms. The van der Waals surface area contributed by atoms with Gasteiger partial charge in [0.2, 0.25) is 0 Å². The van der Waals surface area contributed by atoms with Crippen LogP contribution in [0.15, 0.2) is 60.7 Å². The van der Waals surface area contributed by atoms with Crippen molar-refractivity contribution < 1.29 is 19.4 Å². The van der Waals surface area contributed by atoms with Gasteiger partial charge in [-0.15, -0.1) is 0 Å². The van der Waals surface area contributed by atoms with E-state index < -0.39 is 12.3 Å². The Labute approximate surface area is 174 Å². The number of ether oxygens (including phenoxy) is 2. The Kier molecular flexibility index (Phi) is 7.51. The Morgan fingerprint density at radius 1 is 1.07 bits per heavy atom. The molecule has 0 radical (unpaired) electrons. The Bertz CT molecular complexity index is 802. The molecule has 0 amide bonds.